The zero-order chi connectivity index (χ0) is 13.3. The highest BCUT2D eigenvalue weighted by molar-refractivity contribution is 6.67. The molecule has 0 saturated carbocycles. The minimum absolute atomic E-state index is 0.0320. The van der Waals surface area contributed by atoms with Gasteiger partial charge in [0.05, 0.1) is 0 Å². The van der Waals surface area contributed by atoms with E-state index in [1.54, 1.807) is 0 Å². The van der Waals surface area contributed by atoms with Crippen LogP contribution in [0, 0.1) is 0 Å². The number of hydrogen-bond acceptors (Lipinski definition) is 2. The highest BCUT2D eigenvalue weighted by Crippen LogP contribution is 2.41. The van der Waals surface area contributed by atoms with Gasteiger partial charge in [0.1, 0.15) is 5.75 Å². The number of rotatable bonds is 3. The quantitative estimate of drug-likeness (QED) is 0.620. The van der Waals surface area contributed by atoms with Crippen LogP contribution in [0.4, 0.5) is 13.2 Å². The van der Waals surface area contributed by atoms with Gasteiger partial charge in [0.2, 0.25) is 0 Å². The number of carbonyl (C=O) groups is 1. The lowest BCUT2D eigenvalue weighted by atomic mass is 10.2. The molecule has 0 aromatic heterocycles. The van der Waals surface area contributed by atoms with Gasteiger partial charge in [-0.3, -0.25) is 4.79 Å². The fourth-order valence-corrected chi connectivity index (χ4v) is 1.18. The summed E-state index contributed by atoms with van der Waals surface area (Å²) in [5.74, 6) is -0.321. The molecule has 0 N–H and O–H groups in total. The Kier molecular flexibility index (Phi) is 4.17. The van der Waals surface area contributed by atoms with E-state index in [4.69, 9.17) is 34.8 Å². The maximum atomic E-state index is 12.3. The normalized spacial score (nSPS) is 12.4. The topological polar surface area (TPSA) is 26.3 Å². The maximum Gasteiger partial charge on any atom is 0.459 e. The number of alkyl halides is 5. The summed E-state index contributed by atoms with van der Waals surface area (Å²) in [6, 6.07) is 4.75. The first-order valence-electron chi connectivity index (χ1n) is 4.07. The minimum atomic E-state index is -4.98. The van der Waals surface area contributed by atoms with Crippen LogP contribution < -0.4 is 4.74 Å². The summed E-state index contributed by atoms with van der Waals surface area (Å²) in [6.45, 7) is 0. The Labute approximate surface area is 109 Å². The van der Waals surface area contributed by atoms with E-state index < -0.39 is 15.9 Å². The van der Waals surface area contributed by atoms with Gasteiger partial charge >= 0.3 is 10.7 Å². The molecule has 0 saturated heterocycles. The molecule has 0 fully saturated rings. The molecule has 0 heterocycles. The van der Waals surface area contributed by atoms with Crippen molar-refractivity contribution in [3.63, 3.8) is 0 Å². The van der Waals surface area contributed by atoms with Crippen molar-refractivity contribution in [2.75, 3.05) is 0 Å². The zero-order valence-corrected chi connectivity index (χ0v) is 10.2. The number of ether oxygens (including phenoxy) is 1. The molecule has 0 atom stereocenters. The van der Waals surface area contributed by atoms with Crippen LogP contribution in [0.2, 0.25) is 0 Å². The van der Waals surface area contributed by atoms with E-state index in [-0.39, 0.29) is 11.3 Å². The van der Waals surface area contributed by atoms with Crippen molar-refractivity contribution < 1.29 is 22.7 Å². The third-order valence-electron chi connectivity index (χ3n) is 1.64. The van der Waals surface area contributed by atoms with Crippen LogP contribution in [0.25, 0.3) is 0 Å². The summed E-state index contributed by atoms with van der Waals surface area (Å²) < 4.78 is 37.9. The van der Waals surface area contributed by atoms with Gasteiger partial charge < -0.3 is 4.74 Å². The minimum Gasteiger partial charge on any atom is -0.450 e. The van der Waals surface area contributed by atoms with Crippen LogP contribution in [0.1, 0.15) is 10.4 Å². The number of halogens is 6. The molecule has 0 aliphatic rings. The van der Waals surface area contributed by atoms with Crippen LogP contribution in [0.5, 0.6) is 5.75 Å². The predicted molar refractivity (Wildman–Crippen MR) is 57.7 cm³/mol. The molecule has 0 aliphatic heterocycles. The van der Waals surface area contributed by atoms with Gasteiger partial charge in [-0.15, -0.1) is 0 Å². The third kappa shape index (κ3) is 3.66. The largest absolute Gasteiger partial charge is 0.459 e. The Hall–Kier alpha value is -0.650. The third-order valence-corrected chi connectivity index (χ3v) is 2.44. The molecule has 17 heavy (non-hydrogen) atoms. The first kappa shape index (κ1) is 14.4. The zero-order valence-electron chi connectivity index (χ0n) is 7.89. The molecule has 0 bridgehead atoms. The summed E-state index contributed by atoms with van der Waals surface area (Å²) in [4.78, 5) is 10.8. The van der Waals surface area contributed by atoms with Gasteiger partial charge in [-0.1, -0.05) is 6.07 Å². The first-order valence-corrected chi connectivity index (χ1v) is 5.20. The predicted octanol–water partition coefficient (Wildman–Crippen LogP) is 4.14. The summed E-state index contributed by atoms with van der Waals surface area (Å²) in [5, 5.41) is -0.836. The Balaban J connectivity index is 2.96. The molecule has 0 unspecified atom stereocenters. The van der Waals surface area contributed by atoms with E-state index in [0.29, 0.717) is 0 Å². The molecular formula is C9H4Cl3F3O2. The van der Waals surface area contributed by atoms with Gasteiger partial charge in [0.15, 0.2) is 0 Å². The second-order valence-corrected chi connectivity index (χ2v) is 4.52. The monoisotopic (exact) mass is 306 g/mol. The van der Waals surface area contributed by atoms with Crippen molar-refractivity contribution in [3.05, 3.63) is 29.8 Å². The summed E-state index contributed by atoms with van der Waals surface area (Å²) in [6.07, 6.45) is -4.98. The molecule has 0 aliphatic carbocycles. The van der Waals surface area contributed by atoms with Crippen molar-refractivity contribution in [1.82, 2.24) is 0 Å². The van der Waals surface area contributed by atoms with E-state index in [2.05, 4.69) is 4.74 Å². The maximum absolute atomic E-state index is 12.3. The standard InChI is InChI=1S/C9H4Cl3F3O2/c10-7(16)5-2-1-3-6(4-5)17-8(11,12)9(13,14)15/h1-4H. The molecular weight excluding hydrogens is 303 g/mol. The molecule has 1 aromatic carbocycles. The van der Waals surface area contributed by atoms with Crippen molar-refractivity contribution >= 4 is 40.0 Å². The molecule has 94 valence electrons. The summed E-state index contributed by atoms with van der Waals surface area (Å²) in [7, 11) is 0. The van der Waals surface area contributed by atoms with E-state index in [9.17, 15) is 18.0 Å². The van der Waals surface area contributed by atoms with E-state index in [1.165, 1.54) is 12.1 Å². The average Bonchev–Trinajstić information content (AvgIpc) is 2.15. The second-order valence-electron chi connectivity index (χ2n) is 2.92. The molecule has 2 nitrogen and oxygen atoms in total. The van der Waals surface area contributed by atoms with E-state index in [1.807, 2.05) is 0 Å². The van der Waals surface area contributed by atoms with E-state index >= 15 is 0 Å². The van der Waals surface area contributed by atoms with Gasteiger partial charge in [0.25, 0.3) is 5.24 Å². The van der Waals surface area contributed by atoms with Crippen molar-refractivity contribution in [1.29, 1.82) is 0 Å². The number of carbonyl (C=O) groups excluding carboxylic acids is 1. The summed E-state index contributed by atoms with van der Waals surface area (Å²) >= 11 is 15.1. The van der Waals surface area contributed by atoms with Crippen LogP contribution in [-0.4, -0.2) is 15.9 Å². The van der Waals surface area contributed by atoms with Crippen LogP contribution in [-0.2, 0) is 0 Å². The SMILES string of the molecule is O=C(Cl)c1cccc(OC(Cl)(Cl)C(F)(F)F)c1. The van der Waals surface area contributed by atoms with Crippen molar-refractivity contribution in [2.45, 2.75) is 10.7 Å². The molecule has 0 amide bonds. The molecule has 8 heteroatoms. The van der Waals surface area contributed by atoms with Crippen LogP contribution in [0.3, 0.4) is 0 Å². The fourth-order valence-electron chi connectivity index (χ4n) is 0.888. The highest BCUT2D eigenvalue weighted by Gasteiger charge is 2.55. The molecule has 0 radical (unpaired) electrons. The Morgan fingerprint density at radius 1 is 1.24 bits per heavy atom. The van der Waals surface area contributed by atoms with Crippen molar-refractivity contribution in [2.24, 2.45) is 0 Å². The Bertz CT molecular complexity index is 432. The van der Waals surface area contributed by atoms with Crippen LogP contribution >= 0.6 is 34.8 Å². The molecule has 1 aromatic rings. The lowest BCUT2D eigenvalue weighted by molar-refractivity contribution is -0.185. The Morgan fingerprint density at radius 2 is 1.82 bits per heavy atom. The summed E-state index contributed by atoms with van der Waals surface area (Å²) in [5.41, 5.74) is -0.0320. The van der Waals surface area contributed by atoms with Crippen LogP contribution in [0.15, 0.2) is 24.3 Å². The van der Waals surface area contributed by atoms with Gasteiger partial charge in [-0.2, -0.15) is 13.2 Å². The average molecular weight is 307 g/mol. The van der Waals surface area contributed by atoms with Gasteiger partial charge in [0, 0.05) is 5.56 Å². The highest BCUT2D eigenvalue weighted by atomic mass is 35.5. The number of benzene rings is 1. The van der Waals surface area contributed by atoms with Gasteiger partial charge in [-0.05, 0) is 53.0 Å². The fraction of sp³-hybridized carbons (Fsp3) is 0.222. The number of hydrogen-bond donors (Lipinski definition) is 0. The molecule has 1 rings (SSSR count). The van der Waals surface area contributed by atoms with E-state index in [0.717, 1.165) is 12.1 Å². The smallest absolute Gasteiger partial charge is 0.450 e. The first-order chi connectivity index (χ1) is 7.63. The lowest BCUT2D eigenvalue weighted by Crippen LogP contribution is -2.39. The molecule has 0 spiro atoms. The van der Waals surface area contributed by atoms with Crippen molar-refractivity contribution in [3.8, 4) is 5.75 Å². The van der Waals surface area contributed by atoms with Gasteiger partial charge in [-0.25, -0.2) is 0 Å². The lowest BCUT2D eigenvalue weighted by Gasteiger charge is -2.23. The second kappa shape index (κ2) is 4.92. The Morgan fingerprint density at radius 3 is 2.29 bits per heavy atom.